The molecule has 12 heteroatoms. The van der Waals surface area contributed by atoms with E-state index in [0.717, 1.165) is 21.3 Å². The summed E-state index contributed by atoms with van der Waals surface area (Å²) in [6, 6.07) is 24.6. The quantitative estimate of drug-likeness (QED) is 0.221. The van der Waals surface area contributed by atoms with Gasteiger partial charge in [-0.2, -0.15) is 4.80 Å². The van der Waals surface area contributed by atoms with E-state index in [9.17, 15) is 18.4 Å². The molecule has 226 valence electrons. The number of anilines is 1. The zero-order chi connectivity index (χ0) is 31.3. The van der Waals surface area contributed by atoms with Crippen molar-refractivity contribution in [2.45, 2.75) is 19.1 Å². The Bertz CT molecular complexity index is 1960. The summed E-state index contributed by atoms with van der Waals surface area (Å²) in [5.74, 6) is -1.44. The van der Waals surface area contributed by atoms with E-state index >= 15 is 0 Å². The number of para-hydroxylation sites is 1. The number of carbonyl (C=O) groups is 2. The lowest BCUT2D eigenvalue weighted by Gasteiger charge is -2.31. The average Bonchev–Trinajstić information content (AvgIpc) is 3.70. The fraction of sp³-hybridized carbons (Fsp3) is 0.121. The number of hydrogen-bond acceptors (Lipinski definition) is 6. The predicted molar refractivity (Wildman–Crippen MR) is 163 cm³/mol. The summed E-state index contributed by atoms with van der Waals surface area (Å²) >= 11 is 0. The van der Waals surface area contributed by atoms with E-state index in [4.69, 9.17) is 4.74 Å². The maximum atomic E-state index is 14.4. The molecule has 4 aromatic carbocycles. The van der Waals surface area contributed by atoms with Crippen LogP contribution in [0.3, 0.4) is 0 Å². The number of rotatable bonds is 10. The van der Waals surface area contributed by atoms with Crippen molar-refractivity contribution in [1.29, 1.82) is 0 Å². The number of nitrogens with one attached hydrogen (secondary N) is 2. The first-order valence-corrected chi connectivity index (χ1v) is 14.0. The number of hydrogen-bond donors (Lipinski definition) is 2. The second kappa shape index (κ2) is 12.8. The van der Waals surface area contributed by atoms with Gasteiger partial charge in [0.15, 0.2) is 0 Å². The molecule has 0 saturated carbocycles. The molecule has 2 aromatic heterocycles. The molecule has 10 nitrogen and oxygen atoms in total. The van der Waals surface area contributed by atoms with Gasteiger partial charge in [-0.3, -0.25) is 14.5 Å². The van der Waals surface area contributed by atoms with Crippen LogP contribution in [0.4, 0.5) is 14.5 Å². The third-order valence-electron chi connectivity index (χ3n) is 7.27. The van der Waals surface area contributed by atoms with Gasteiger partial charge >= 0.3 is 0 Å². The number of nitrogens with zero attached hydrogens (tertiary/aromatic N) is 5. The Hall–Kier alpha value is -5.91. The Kier molecular flexibility index (Phi) is 8.27. The summed E-state index contributed by atoms with van der Waals surface area (Å²) in [6.45, 7) is -0.271. The molecule has 0 fully saturated rings. The minimum Gasteiger partial charge on any atom is -0.497 e. The fourth-order valence-corrected chi connectivity index (χ4v) is 5.04. The summed E-state index contributed by atoms with van der Waals surface area (Å²) in [7, 11) is 1.57. The number of fused-ring (bicyclic) bond motifs is 1. The number of H-pyrrole nitrogens is 1. The topological polar surface area (TPSA) is 118 Å². The van der Waals surface area contributed by atoms with Crippen LogP contribution in [-0.4, -0.2) is 44.1 Å². The predicted octanol–water partition coefficient (Wildman–Crippen LogP) is 5.20. The number of amides is 2. The van der Waals surface area contributed by atoms with Crippen molar-refractivity contribution in [3.63, 3.8) is 0 Å². The number of methoxy groups -OCH3 is 1. The fourth-order valence-electron chi connectivity index (χ4n) is 5.04. The van der Waals surface area contributed by atoms with Gasteiger partial charge < -0.3 is 15.0 Å². The molecule has 0 radical (unpaired) electrons. The van der Waals surface area contributed by atoms with Crippen molar-refractivity contribution in [1.82, 2.24) is 30.5 Å². The van der Waals surface area contributed by atoms with E-state index in [0.29, 0.717) is 11.3 Å². The van der Waals surface area contributed by atoms with Crippen LogP contribution in [0, 0.1) is 11.6 Å². The maximum absolute atomic E-state index is 14.4. The van der Waals surface area contributed by atoms with Crippen LogP contribution in [0.1, 0.15) is 17.2 Å². The molecular weight excluding hydrogens is 580 g/mol. The number of aromatic nitrogens is 5. The summed E-state index contributed by atoms with van der Waals surface area (Å²) < 4.78 is 33.6. The maximum Gasteiger partial charge on any atom is 0.251 e. The molecule has 2 N–H and O–H groups in total. The zero-order valence-electron chi connectivity index (χ0n) is 24.0. The Labute approximate surface area is 256 Å². The van der Waals surface area contributed by atoms with Crippen LogP contribution in [0.25, 0.3) is 22.3 Å². The van der Waals surface area contributed by atoms with Gasteiger partial charge in [-0.1, -0.05) is 42.5 Å². The molecule has 45 heavy (non-hydrogen) atoms. The van der Waals surface area contributed by atoms with Crippen LogP contribution in [-0.2, 0) is 22.7 Å². The largest absolute Gasteiger partial charge is 0.497 e. The molecule has 0 bridgehead atoms. The van der Waals surface area contributed by atoms with Gasteiger partial charge in [-0.25, -0.2) is 8.78 Å². The van der Waals surface area contributed by atoms with E-state index in [-0.39, 0.29) is 23.6 Å². The van der Waals surface area contributed by atoms with Gasteiger partial charge in [0.2, 0.25) is 11.7 Å². The lowest BCUT2D eigenvalue weighted by atomic mass is 10.0. The van der Waals surface area contributed by atoms with Crippen molar-refractivity contribution in [2.24, 2.45) is 0 Å². The second-order valence-corrected chi connectivity index (χ2v) is 10.1. The highest BCUT2D eigenvalue weighted by Crippen LogP contribution is 2.33. The number of ether oxygens (including phenoxy) is 1. The van der Waals surface area contributed by atoms with E-state index in [1.165, 1.54) is 47.4 Å². The van der Waals surface area contributed by atoms with Gasteiger partial charge in [0, 0.05) is 34.9 Å². The van der Waals surface area contributed by atoms with Crippen LogP contribution >= 0.6 is 0 Å². The Balaban J connectivity index is 1.38. The highest BCUT2D eigenvalue weighted by atomic mass is 19.1. The minimum atomic E-state index is -1.19. The standard InChI is InChI=1S/C33H27F2N7O3/c1-45-24-16-10-21(11-17-24)18-37-33(44)31(27-19-36-29-9-5-3-6-25(27)29)42(23-14-12-22(34)13-15-23)30(43)20-41-39-32(38-40-41)26-7-2-4-8-28(26)35/h2-17,19,31,36H,18,20H2,1H3,(H,37,44)/t31-/m1/s1. The van der Waals surface area contributed by atoms with Crippen LogP contribution in [0.2, 0.25) is 0 Å². The summed E-state index contributed by atoms with van der Waals surface area (Å²) in [5, 5.41) is 15.8. The third-order valence-corrected chi connectivity index (χ3v) is 7.27. The van der Waals surface area contributed by atoms with Gasteiger partial charge in [0.25, 0.3) is 5.91 Å². The Morgan fingerprint density at radius 3 is 2.44 bits per heavy atom. The smallest absolute Gasteiger partial charge is 0.251 e. The van der Waals surface area contributed by atoms with E-state index in [1.54, 1.807) is 31.5 Å². The molecule has 6 aromatic rings. The molecule has 6 rings (SSSR count). The normalized spacial score (nSPS) is 11.7. The van der Waals surface area contributed by atoms with E-state index in [2.05, 4.69) is 25.7 Å². The van der Waals surface area contributed by atoms with E-state index < -0.39 is 36.0 Å². The van der Waals surface area contributed by atoms with Gasteiger partial charge in [-0.15, -0.1) is 10.2 Å². The molecule has 0 saturated heterocycles. The number of halogens is 2. The van der Waals surface area contributed by atoms with Gasteiger partial charge in [0.1, 0.15) is 30.0 Å². The first-order chi connectivity index (χ1) is 21.9. The molecule has 0 aliphatic heterocycles. The summed E-state index contributed by atoms with van der Waals surface area (Å²) in [5.41, 5.74) is 2.49. The van der Waals surface area contributed by atoms with Crippen molar-refractivity contribution >= 4 is 28.4 Å². The highest BCUT2D eigenvalue weighted by Gasteiger charge is 2.35. The zero-order valence-corrected chi connectivity index (χ0v) is 24.0. The molecule has 0 aliphatic rings. The van der Waals surface area contributed by atoms with Gasteiger partial charge in [0.05, 0.1) is 12.7 Å². The lowest BCUT2D eigenvalue weighted by molar-refractivity contribution is -0.127. The van der Waals surface area contributed by atoms with Crippen LogP contribution in [0.5, 0.6) is 5.75 Å². The molecule has 2 heterocycles. The van der Waals surface area contributed by atoms with Crippen molar-refractivity contribution in [3.05, 3.63) is 126 Å². The van der Waals surface area contributed by atoms with Crippen LogP contribution in [0.15, 0.2) is 103 Å². The molecule has 2 amide bonds. The van der Waals surface area contributed by atoms with Gasteiger partial charge in [-0.05, 0) is 65.4 Å². The molecular formula is C33H27F2N7O3. The average molecular weight is 608 g/mol. The molecule has 1 atom stereocenters. The number of benzene rings is 4. The van der Waals surface area contributed by atoms with E-state index in [1.807, 2.05) is 36.4 Å². The minimum absolute atomic E-state index is 0.000328. The number of tetrazole rings is 1. The first kappa shape index (κ1) is 29.2. The van der Waals surface area contributed by atoms with Crippen LogP contribution < -0.4 is 15.0 Å². The highest BCUT2D eigenvalue weighted by molar-refractivity contribution is 6.03. The molecule has 0 aliphatic carbocycles. The Morgan fingerprint density at radius 2 is 1.69 bits per heavy atom. The second-order valence-electron chi connectivity index (χ2n) is 10.1. The molecule has 0 unspecified atom stereocenters. The number of aromatic amines is 1. The van der Waals surface area contributed by atoms with Crippen molar-refractivity contribution in [2.75, 3.05) is 12.0 Å². The molecule has 0 spiro atoms. The van der Waals surface area contributed by atoms with Crippen molar-refractivity contribution in [3.8, 4) is 17.1 Å². The third kappa shape index (κ3) is 6.25. The SMILES string of the molecule is COc1ccc(CNC(=O)[C@@H](c2c[nH]c3ccccc23)N(C(=O)Cn2nnc(-c3ccccc3F)n2)c2ccc(F)cc2)cc1. The van der Waals surface area contributed by atoms with Crippen molar-refractivity contribution < 1.29 is 23.1 Å². The lowest BCUT2D eigenvalue weighted by Crippen LogP contribution is -2.45. The first-order valence-electron chi connectivity index (χ1n) is 14.0. The monoisotopic (exact) mass is 607 g/mol. The summed E-state index contributed by atoms with van der Waals surface area (Å²) in [6.07, 6.45) is 1.68. The Morgan fingerprint density at radius 1 is 0.956 bits per heavy atom. The number of carbonyl (C=O) groups excluding carboxylic acids is 2. The summed E-state index contributed by atoms with van der Waals surface area (Å²) in [4.78, 5) is 33.8.